The number of alkyl halides is 3. The van der Waals surface area contributed by atoms with E-state index in [1.54, 1.807) is 24.3 Å². The minimum absolute atomic E-state index is 0.300. The second-order valence-electron chi connectivity index (χ2n) is 5.50. The summed E-state index contributed by atoms with van der Waals surface area (Å²) in [6.07, 6.45) is -3.97. The Hall–Kier alpha value is -2.68. The molecule has 0 radical (unpaired) electrons. The number of amides is 2. The summed E-state index contributed by atoms with van der Waals surface area (Å²) in [7, 11) is 0. The van der Waals surface area contributed by atoms with E-state index < -0.39 is 17.0 Å². The Morgan fingerprint density at radius 3 is 1.92 bits per heavy atom. The molecular formula is C17H12F3N3O2S. The first-order valence-corrected chi connectivity index (χ1v) is 8.39. The molecule has 2 aromatic carbocycles. The van der Waals surface area contributed by atoms with Gasteiger partial charge in [0.05, 0.1) is 22.2 Å². The van der Waals surface area contributed by atoms with Crippen molar-refractivity contribution in [3.05, 3.63) is 59.7 Å². The zero-order valence-electron chi connectivity index (χ0n) is 13.2. The number of thioether (sulfide) groups is 1. The molecule has 1 heterocycles. The zero-order valence-corrected chi connectivity index (χ0v) is 14.0. The van der Waals surface area contributed by atoms with Gasteiger partial charge in [-0.3, -0.25) is 14.9 Å². The SMILES string of the molecule is O=C1NC(=O)C(Cc2ccc(N=Nc3ccc(C(F)(F)F)cc3)cc2)S1. The number of hydrogen-bond acceptors (Lipinski definition) is 5. The molecule has 2 aromatic rings. The number of rotatable bonds is 4. The molecule has 134 valence electrons. The van der Waals surface area contributed by atoms with Gasteiger partial charge in [0.1, 0.15) is 0 Å². The second-order valence-corrected chi connectivity index (χ2v) is 6.67. The van der Waals surface area contributed by atoms with E-state index >= 15 is 0 Å². The molecule has 1 N–H and O–H groups in total. The van der Waals surface area contributed by atoms with Crippen LogP contribution in [0.5, 0.6) is 0 Å². The van der Waals surface area contributed by atoms with Crippen LogP contribution >= 0.6 is 11.8 Å². The zero-order chi connectivity index (χ0) is 18.7. The lowest BCUT2D eigenvalue weighted by Crippen LogP contribution is -2.25. The summed E-state index contributed by atoms with van der Waals surface area (Å²) in [5.74, 6) is -0.300. The van der Waals surface area contributed by atoms with Crippen LogP contribution in [-0.4, -0.2) is 16.4 Å². The van der Waals surface area contributed by atoms with E-state index in [4.69, 9.17) is 0 Å². The number of halogens is 3. The highest BCUT2D eigenvalue weighted by Gasteiger charge is 2.31. The lowest BCUT2D eigenvalue weighted by molar-refractivity contribution is -0.137. The number of azo groups is 1. The topological polar surface area (TPSA) is 70.9 Å². The van der Waals surface area contributed by atoms with E-state index in [9.17, 15) is 22.8 Å². The number of imide groups is 1. The molecule has 3 rings (SSSR count). The largest absolute Gasteiger partial charge is 0.416 e. The van der Waals surface area contributed by atoms with Crippen molar-refractivity contribution in [2.24, 2.45) is 10.2 Å². The fraction of sp³-hybridized carbons (Fsp3) is 0.176. The summed E-state index contributed by atoms with van der Waals surface area (Å²) in [6.45, 7) is 0. The third-order valence-corrected chi connectivity index (χ3v) is 4.58. The van der Waals surface area contributed by atoms with E-state index in [-0.39, 0.29) is 11.1 Å². The van der Waals surface area contributed by atoms with E-state index in [2.05, 4.69) is 15.5 Å². The van der Waals surface area contributed by atoms with Crippen LogP contribution in [0, 0.1) is 0 Å². The van der Waals surface area contributed by atoms with Crippen LogP contribution in [0.1, 0.15) is 11.1 Å². The van der Waals surface area contributed by atoms with Crippen molar-refractivity contribution in [2.45, 2.75) is 17.8 Å². The molecule has 0 aromatic heterocycles. The Morgan fingerprint density at radius 1 is 0.923 bits per heavy atom. The Balaban J connectivity index is 1.63. The fourth-order valence-electron chi connectivity index (χ4n) is 2.27. The summed E-state index contributed by atoms with van der Waals surface area (Å²) < 4.78 is 37.5. The highest BCUT2D eigenvalue weighted by atomic mass is 32.2. The minimum atomic E-state index is -4.38. The first kappa shape index (κ1) is 18.1. The van der Waals surface area contributed by atoms with Gasteiger partial charge in [0.2, 0.25) is 5.91 Å². The number of nitrogens with zero attached hydrogens (tertiary/aromatic N) is 2. The summed E-state index contributed by atoms with van der Waals surface area (Å²) >= 11 is 0.961. The third kappa shape index (κ3) is 4.48. The number of nitrogens with one attached hydrogen (secondary N) is 1. The first-order chi connectivity index (χ1) is 12.3. The molecule has 1 unspecified atom stereocenters. The Bertz CT molecular complexity index is 849. The number of carbonyl (C=O) groups is 2. The van der Waals surface area contributed by atoms with Gasteiger partial charge in [0.15, 0.2) is 0 Å². The second kappa shape index (κ2) is 7.28. The molecule has 1 atom stereocenters. The van der Waals surface area contributed by atoms with Gasteiger partial charge in [0, 0.05) is 0 Å². The molecule has 9 heteroatoms. The predicted molar refractivity (Wildman–Crippen MR) is 90.7 cm³/mol. The van der Waals surface area contributed by atoms with E-state index in [1.807, 2.05) is 0 Å². The molecule has 2 amide bonds. The molecule has 0 saturated carbocycles. The van der Waals surface area contributed by atoms with Crippen LogP contribution < -0.4 is 5.32 Å². The van der Waals surface area contributed by atoms with Crippen LogP contribution in [0.25, 0.3) is 0 Å². The quantitative estimate of drug-likeness (QED) is 0.759. The van der Waals surface area contributed by atoms with Gasteiger partial charge in [-0.15, -0.1) is 0 Å². The Labute approximate surface area is 150 Å². The average Bonchev–Trinajstić information content (AvgIpc) is 2.91. The Kier molecular flexibility index (Phi) is 5.08. The summed E-state index contributed by atoms with van der Waals surface area (Å²) in [5, 5.41) is 9.32. The van der Waals surface area contributed by atoms with Gasteiger partial charge in [-0.1, -0.05) is 23.9 Å². The number of benzene rings is 2. The van der Waals surface area contributed by atoms with E-state index in [0.29, 0.717) is 17.8 Å². The molecule has 1 fully saturated rings. The van der Waals surface area contributed by atoms with Gasteiger partial charge < -0.3 is 0 Å². The lowest BCUT2D eigenvalue weighted by Gasteiger charge is -2.06. The van der Waals surface area contributed by atoms with Gasteiger partial charge in [-0.2, -0.15) is 23.4 Å². The van der Waals surface area contributed by atoms with Crippen molar-refractivity contribution in [3.63, 3.8) is 0 Å². The molecule has 1 saturated heterocycles. The summed E-state index contributed by atoms with van der Waals surface area (Å²) in [4.78, 5) is 22.7. The van der Waals surface area contributed by atoms with Crippen molar-refractivity contribution in [3.8, 4) is 0 Å². The maximum absolute atomic E-state index is 12.5. The van der Waals surface area contributed by atoms with E-state index in [0.717, 1.165) is 29.5 Å². The first-order valence-electron chi connectivity index (χ1n) is 7.51. The van der Waals surface area contributed by atoms with Crippen molar-refractivity contribution in [2.75, 3.05) is 0 Å². The van der Waals surface area contributed by atoms with Gasteiger partial charge in [0.25, 0.3) is 5.24 Å². The van der Waals surface area contributed by atoms with Crippen molar-refractivity contribution in [1.29, 1.82) is 0 Å². The third-order valence-electron chi connectivity index (χ3n) is 3.60. The van der Waals surface area contributed by atoms with Crippen molar-refractivity contribution >= 4 is 34.3 Å². The Morgan fingerprint density at radius 2 is 1.46 bits per heavy atom. The van der Waals surface area contributed by atoms with Crippen molar-refractivity contribution < 1.29 is 22.8 Å². The van der Waals surface area contributed by atoms with Crippen LogP contribution in [-0.2, 0) is 17.4 Å². The molecule has 1 aliphatic heterocycles. The number of carbonyl (C=O) groups excluding carboxylic acids is 2. The molecule has 5 nitrogen and oxygen atoms in total. The molecule has 26 heavy (non-hydrogen) atoms. The molecule has 1 aliphatic rings. The summed E-state index contributed by atoms with van der Waals surface area (Å²) in [6, 6.07) is 11.3. The monoisotopic (exact) mass is 379 g/mol. The summed E-state index contributed by atoms with van der Waals surface area (Å²) in [5.41, 5.74) is 0.946. The maximum atomic E-state index is 12.5. The number of hydrogen-bond donors (Lipinski definition) is 1. The average molecular weight is 379 g/mol. The van der Waals surface area contributed by atoms with Gasteiger partial charge in [-0.05, 0) is 48.4 Å². The van der Waals surface area contributed by atoms with Crippen LogP contribution in [0.3, 0.4) is 0 Å². The molecule has 0 aliphatic carbocycles. The predicted octanol–water partition coefficient (Wildman–Crippen LogP) is 5.01. The van der Waals surface area contributed by atoms with Crippen LogP contribution in [0.2, 0.25) is 0 Å². The molecule has 0 spiro atoms. The van der Waals surface area contributed by atoms with E-state index in [1.165, 1.54) is 12.1 Å². The highest BCUT2D eigenvalue weighted by molar-refractivity contribution is 8.15. The minimum Gasteiger partial charge on any atom is -0.286 e. The highest BCUT2D eigenvalue weighted by Crippen LogP contribution is 2.31. The standard InChI is InChI=1S/C17H12F3N3O2S/c18-17(19,20)11-3-7-13(8-4-11)23-22-12-5-1-10(2-6-12)9-14-15(24)21-16(25)26-14/h1-8,14H,9H2,(H,21,24,25). The lowest BCUT2D eigenvalue weighted by atomic mass is 10.1. The van der Waals surface area contributed by atoms with Gasteiger partial charge >= 0.3 is 6.18 Å². The smallest absolute Gasteiger partial charge is 0.286 e. The molecule has 0 bridgehead atoms. The van der Waals surface area contributed by atoms with Crippen LogP contribution in [0.4, 0.5) is 29.3 Å². The van der Waals surface area contributed by atoms with Crippen LogP contribution in [0.15, 0.2) is 58.8 Å². The van der Waals surface area contributed by atoms with Gasteiger partial charge in [-0.25, -0.2) is 0 Å². The molecular weight excluding hydrogens is 367 g/mol. The fourth-order valence-corrected chi connectivity index (χ4v) is 3.13. The van der Waals surface area contributed by atoms with Crippen molar-refractivity contribution in [1.82, 2.24) is 5.32 Å². The normalized spacial score (nSPS) is 17.7. The maximum Gasteiger partial charge on any atom is 0.416 e.